The molecule has 0 fully saturated rings. The molecule has 5 nitrogen and oxygen atoms in total. The van der Waals surface area contributed by atoms with Crippen molar-refractivity contribution in [3.8, 4) is 0 Å². The number of carbonyl (C=O) groups excluding carboxylic acids is 1. The molecule has 1 rings (SSSR count). The summed E-state index contributed by atoms with van der Waals surface area (Å²) in [5.74, 6) is -0.208. The third-order valence-electron chi connectivity index (χ3n) is 2.57. The van der Waals surface area contributed by atoms with Crippen molar-refractivity contribution in [2.45, 2.75) is 39.2 Å². The molecule has 0 radical (unpaired) electrons. The molecule has 0 atom stereocenters. The SMILES string of the molecule is CCOC(C)(C)CNc1nc(CCC(=O)OC)cs1. The van der Waals surface area contributed by atoms with Gasteiger partial charge in [0.2, 0.25) is 0 Å². The maximum atomic E-state index is 11.0. The van der Waals surface area contributed by atoms with E-state index in [2.05, 4.69) is 15.0 Å². The van der Waals surface area contributed by atoms with E-state index in [-0.39, 0.29) is 11.6 Å². The van der Waals surface area contributed by atoms with Gasteiger partial charge in [0.25, 0.3) is 0 Å². The quantitative estimate of drug-likeness (QED) is 0.744. The molecule has 0 aliphatic rings. The lowest BCUT2D eigenvalue weighted by atomic mass is 10.1. The molecule has 1 aromatic rings. The van der Waals surface area contributed by atoms with E-state index < -0.39 is 0 Å². The summed E-state index contributed by atoms with van der Waals surface area (Å²) in [5.41, 5.74) is 0.694. The normalized spacial score (nSPS) is 11.4. The Kier molecular flexibility index (Phi) is 6.24. The first-order valence-corrected chi connectivity index (χ1v) is 7.24. The Bertz CT molecular complexity index is 404. The van der Waals surface area contributed by atoms with Gasteiger partial charge in [-0.25, -0.2) is 4.98 Å². The van der Waals surface area contributed by atoms with E-state index in [0.717, 1.165) is 10.8 Å². The molecule has 0 unspecified atom stereocenters. The number of aryl methyl sites for hydroxylation is 1. The molecule has 1 N–H and O–H groups in total. The number of hydrogen-bond acceptors (Lipinski definition) is 6. The smallest absolute Gasteiger partial charge is 0.305 e. The second kappa shape index (κ2) is 7.45. The van der Waals surface area contributed by atoms with Crippen LogP contribution < -0.4 is 5.32 Å². The van der Waals surface area contributed by atoms with Gasteiger partial charge >= 0.3 is 5.97 Å². The predicted octanol–water partition coefficient (Wildman–Crippen LogP) is 2.48. The van der Waals surface area contributed by atoms with Crippen LogP contribution in [0.1, 0.15) is 32.9 Å². The average Bonchev–Trinajstić information content (AvgIpc) is 2.81. The highest BCUT2D eigenvalue weighted by atomic mass is 32.1. The van der Waals surface area contributed by atoms with E-state index in [1.807, 2.05) is 26.2 Å². The Labute approximate surface area is 118 Å². The first-order chi connectivity index (χ1) is 8.96. The number of aromatic nitrogens is 1. The second-order valence-corrected chi connectivity index (χ2v) is 5.62. The fourth-order valence-electron chi connectivity index (χ4n) is 1.57. The Morgan fingerprint density at radius 3 is 2.89 bits per heavy atom. The molecule has 0 saturated carbocycles. The van der Waals surface area contributed by atoms with E-state index in [0.29, 0.717) is 26.0 Å². The highest BCUT2D eigenvalue weighted by molar-refractivity contribution is 7.13. The van der Waals surface area contributed by atoms with Crippen molar-refractivity contribution in [1.29, 1.82) is 0 Å². The van der Waals surface area contributed by atoms with E-state index in [4.69, 9.17) is 4.74 Å². The van der Waals surface area contributed by atoms with Crippen molar-refractivity contribution in [3.63, 3.8) is 0 Å². The molecule has 0 saturated heterocycles. The van der Waals surface area contributed by atoms with Gasteiger partial charge < -0.3 is 14.8 Å². The molecule has 1 aromatic heterocycles. The van der Waals surface area contributed by atoms with Crippen LogP contribution in [0.15, 0.2) is 5.38 Å². The van der Waals surface area contributed by atoms with Crippen molar-refractivity contribution in [2.75, 3.05) is 25.6 Å². The lowest BCUT2D eigenvalue weighted by molar-refractivity contribution is -0.140. The molecule has 0 spiro atoms. The summed E-state index contributed by atoms with van der Waals surface area (Å²) in [6.07, 6.45) is 0.976. The maximum Gasteiger partial charge on any atom is 0.305 e. The van der Waals surface area contributed by atoms with Crippen LogP contribution in [-0.4, -0.2) is 36.8 Å². The molecule has 0 bridgehead atoms. The lowest BCUT2D eigenvalue weighted by Gasteiger charge is -2.24. The lowest BCUT2D eigenvalue weighted by Crippen LogP contribution is -2.33. The summed E-state index contributed by atoms with van der Waals surface area (Å²) in [4.78, 5) is 15.5. The highest BCUT2D eigenvalue weighted by Crippen LogP contribution is 2.18. The van der Waals surface area contributed by atoms with Crippen molar-refractivity contribution in [3.05, 3.63) is 11.1 Å². The number of ether oxygens (including phenoxy) is 2. The fraction of sp³-hybridized carbons (Fsp3) is 0.692. The van der Waals surface area contributed by atoms with Crippen molar-refractivity contribution in [2.24, 2.45) is 0 Å². The molecular formula is C13H22N2O3S. The van der Waals surface area contributed by atoms with Crippen LogP contribution in [0.25, 0.3) is 0 Å². The summed E-state index contributed by atoms with van der Waals surface area (Å²) < 4.78 is 10.2. The molecule has 0 aliphatic carbocycles. The van der Waals surface area contributed by atoms with Crippen molar-refractivity contribution in [1.82, 2.24) is 4.98 Å². The minimum absolute atomic E-state index is 0.208. The number of hydrogen-bond donors (Lipinski definition) is 1. The Morgan fingerprint density at radius 2 is 2.26 bits per heavy atom. The standard InChI is InChI=1S/C13H22N2O3S/c1-5-18-13(2,3)9-14-12-15-10(8-19-12)6-7-11(16)17-4/h8H,5-7,9H2,1-4H3,(H,14,15). The van der Waals surface area contributed by atoms with Crippen molar-refractivity contribution >= 4 is 22.4 Å². The zero-order chi connectivity index (χ0) is 14.3. The fourth-order valence-corrected chi connectivity index (χ4v) is 2.31. The third-order valence-corrected chi connectivity index (χ3v) is 3.41. The molecule has 108 valence electrons. The Balaban J connectivity index is 2.40. The van der Waals surface area contributed by atoms with E-state index in [1.165, 1.54) is 18.4 Å². The number of anilines is 1. The summed E-state index contributed by atoms with van der Waals surface area (Å²) in [6, 6.07) is 0. The average molecular weight is 286 g/mol. The maximum absolute atomic E-state index is 11.0. The summed E-state index contributed by atoms with van der Waals surface area (Å²) in [6.45, 7) is 7.45. The number of rotatable bonds is 8. The minimum atomic E-state index is -0.216. The van der Waals surface area contributed by atoms with E-state index >= 15 is 0 Å². The van der Waals surface area contributed by atoms with Gasteiger partial charge in [0, 0.05) is 25.0 Å². The monoisotopic (exact) mass is 286 g/mol. The number of esters is 1. The van der Waals surface area contributed by atoms with Gasteiger partial charge in [-0.05, 0) is 20.8 Å². The van der Waals surface area contributed by atoms with Crippen LogP contribution in [0.2, 0.25) is 0 Å². The number of nitrogens with one attached hydrogen (secondary N) is 1. The number of methoxy groups -OCH3 is 1. The van der Waals surface area contributed by atoms with Crippen LogP contribution in [0, 0.1) is 0 Å². The topological polar surface area (TPSA) is 60.5 Å². The van der Waals surface area contributed by atoms with Crippen LogP contribution in [0.4, 0.5) is 5.13 Å². The van der Waals surface area contributed by atoms with Gasteiger partial charge in [-0.1, -0.05) is 0 Å². The zero-order valence-electron chi connectivity index (χ0n) is 12.0. The Morgan fingerprint density at radius 1 is 1.53 bits per heavy atom. The summed E-state index contributed by atoms with van der Waals surface area (Å²) in [5, 5.41) is 6.07. The molecule has 0 amide bonds. The zero-order valence-corrected chi connectivity index (χ0v) is 12.8. The van der Waals surface area contributed by atoms with Crippen LogP contribution >= 0.6 is 11.3 Å². The van der Waals surface area contributed by atoms with Gasteiger partial charge in [0.05, 0.1) is 24.8 Å². The highest BCUT2D eigenvalue weighted by Gasteiger charge is 2.17. The van der Waals surface area contributed by atoms with Crippen LogP contribution in [-0.2, 0) is 20.7 Å². The summed E-state index contributed by atoms with van der Waals surface area (Å²) >= 11 is 1.54. The minimum Gasteiger partial charge on any atom is -0.469 e. The molecule has 1 heterocycles. The van der Waals surface area contributed by atoms with Gasteiger partial charge in [-0.15, -0.1) is 11.3 Å². The van der Waals surface area contributed by atoms with Crippen LogP contribution in [0.5, 0.6) is 0 Å². The molecule has 0 aromatic carbocycles. The van der Waals surface area contributed by atoms with Crippen LogP contribution in [0.3, 0.4) is 0 Å². The first kappa shape index (κ1) is 15.9. The number of carbonyl (C=O) groups is 1. The molecular weight excluding hydrogens is 264 g/mol. The van der Waals surface area contributed by atoms with Gasteiger partial charge in [-0.2, -0.15) is 0 Å². The Hall–Kier alpha value is -1.14. The third kappa shape index (κ3) is 6.02. The van der Waals surface area contributed by atoms with E-state index in [1.54, 1.807) is 0 Å². The number of thiazole rings is 1. The van der Waals surface area contributed by atoms with Gasteiger partial charge in [-0.3, -0.25) is 4.79 Å². The molecule has 0 aliphatic heterocycles. The molecule has 19 heavy (non-hydrogen) atoms. The molecule has 6 heteroatoms. The largest absolute Gasteiger partial charge is 0.469 e. The van der Waals surface area contributed by atoms with Gasteiger partial charge in [0.15, 0.2) is 5.13 Å². The second-order valence-electron chi connectivity index (χ2n) is 4.77. The van der Waals surface area contributed by atoms with Gasteiger partial charge in [0.1, 0.15) is 0 Å². The van der Waals surface area contributed by atoms with E-state index in [9.17, 15) is 4.79 Å². The predicted molar refractivity (Wildman–Crippen MR) is 76.6 cm³/mol. The number of nitrogens with zero attached hydrogens (tertiary/aromatic N) is 1. The van der Waals surface area contributed by atoms with Crippen molar-refractivity contribution < 1.29 is 14.3 Å². The first-order valence-electron chi connectivity index (χ1n) is 6.36. The summed E-state index contributed by atoms with van der Waals surface area (Å²) in [7, 11) is 1.40.